The van der Waals surface area contributed by atoms with E-state index in [4.69, 9.17) is 4.74 Å². The van der Waals surface area contributed by atoms with Gasteiger partial charge in [0.1, 0.15) is 24.2 Å². The van der Waals surface area contributed by atoms with E-state index in [2.05, 4.69) is 4.98 Å². The summed E-state index contributed by atoms with van der Waals surface area (Å²) in [4.78, 5) is 45.2. The smallest absolute Gasteiger partial charge is 0.247 e. The maximum atomic E-state index is 12.9. The van der Waals surface area contributed by atoms with Crippen molar-refractivity contribution < 1.29 is 19.1 Å². The van der Waals surface area contributed by atoms with E-state index >= 15 is 0 Å². The van der Waals surface area contributed by atoms with E-state index < -0.39 is 12.0 Å². The predicted octanol–water partition coefficient (Wildman–Crippen LogP) is 2.93. The van der Waals surface area contributed by atoms with E-state index in [9.17, 15) is 14.4 Å². The first-order chi connectivity index (χ1) is 16.0. The zero-order valence-corrected chi connectivity index (χ0v) is 18.4. The first-order valence-electron chi connectivity index (χ1n) is 11.2. The molecular weight excluding hydrogens is 418 g/mol. The molecule has 0 saturated carbocycles. The lowest BCUT2D eigenvalue weighted by Gasteiger charge is -2.32. The largest absolute Gasteiger partial charge is 0.487 e. The van der Waals surface area contributed by atoms with Gasteiger partial charge >= 0.3 is 0 Å². The number of ketones is 1. The highest BCUT2D eigenvalue weighted by atomic mass is 16.5. The van der Waals surface area contributed by atoms with Gasteiger partial charge in [-0.25, -0.2) is 4.98 Å². The van der Waals surface area contributed by atoms with Gasteiger partial charge < -0.3 is 4.74 Å². The fourth-order valence-electron chi connectivity index (χ4n) is 4.65. The average molecular weight is 444 g/mol. The zero-order chi connectivity index (χ0) is 22.9. The molecule has 2 saturated heterocycles. The third-order valence-corrected chi connectivity index (χ3v) is 6.53. The molecule has 3 aromatic rings. The molecule has 2 amide bonds. The second-order valence-corrected chi connectivity index (χ2v) is 8.59. The van der Waals surface area contributed by atoms with Gasteiger partial charge in [0.15, 0.2) is 0 Å². The number of pyridine rings is 1. The predicted molar refractivity (Wildman–Crippen MR) is 123 cm³/mol. The van der Waals surface area contributed by atoms with E-state index in [1.54, 1.807) is 0 Å². The van der Waals surface area contributed by atoms with E-state index in [0.29, 0.717) is 38.3 Å². The maximum Gasteiger partial charge on any atom is 0.247 e. The fraction of sp³-hybridized carbons (Fsp3) is 0.308. The number of carbonyl (C=O) groups is 3. The Kier molecular flexibility index (Phi) is 5.64. The van der Waals surface area contributed by atoms with E-state index in [1.165, 1.54) is 11.9 Å². The summed E-state index contributed by atoms with van der Waals surface area (Å²) in [5.41, 5.74) is 2.53. The van der Waals surface area contributed by atoms with Crippen LogP contribution in [0.1, 0.15) is 30.0 Å². The van der Waals surface area contributed by atoms with Gasteiger partial charge in [0, 0.05) is 38.4 Å². The third kappa shape index (κ3) is 4.12. The molecule has 2 aromatic carbocycles. The van der Waals surface area contributed by atoms with Crippen molar-refractivity contribution in [2.75, 3.05) is 20.1 Å². The van der Waals surface area contributed by atoms with E-state index in [-0.39, 0.29) is 17.6 Å². The van der Waals surface area contributed by atoms with Crippen molar-refractivity contribution in [2.45, 2.75) is 31.4 Å². The number of carbonyl (C=O) groups excluding carboxylic acids is 3. The van der Waals surface area contributed by atoms with Crippen molar-refractivity contribution in [3.8, 4) is 5.75 Å². The number of para-hydroxylation sites is 1. The number of nitrogens with zero attached hydrogens (tertiary/aromatic N) is 3. The van der Waals surface area contributed by atoms with E-state index in [0.717, 1.165) is 22.2 Å². The fourth-order valence-corrected chi connectivity index (χ4v) is 4.65. The number of hydrogen-bond donors (Lipinski definition) is 0. The van der Waals surface area contributed by atoms with Crippen LogP contribution in [0, 0.1) is 0 Å². The van der Waals surface area contributed by atoms with Gasteiger partial charge in [-0.3, -0.25) is 24.2 Å². The topological polar surface area (TPSA) is 79.8 Å². The number of imide groups is 1. The molecule has 0 spiro atoms. The van der Waals surface area contributed by atoms with Gasteiger partial charge in [-0.05, 0) is 29.8 Å². The standard InChI is InChI=1S/C26H25N3O4/c1-28-25(31)23(24(26(28)32)29-14-12-20(30)13-15-29)18-7-10-21(11-8-18)33-16-19-9-6-17-4-2-3-5-22(17)27-19/h2-11,23-24H,12-16H2,1H3. The highest BCUT2D eigenvalue weighted by molar-refractivity contribution is 6.09. The molecular formula is C26H25N3O4. The lowest BCUT2D eigenvalue weighted by Crippen LogP contribution is -2.47. The van der Waals surface area contributed by atoms with Crippen LogP contribution in [-0.2, 0) is 21.0 Å². The summed E-state index contributed by atoms with van der Waals surface area (Å²) in [6, 6.07) is 18.7. The van der Waals surface area contributed by atoms with Gasteiger partial charge in [0.25, 0.3) is 0 Å². The summed E-state index contributed by atoms with van der Waals surface area (Å²) in [6.07, 6.45) is 0.841. The molecule has 2 unspecified atom stereocenters. The molecule has 33 heavy (non-hydrogen) atoms. The Labute approximate surface area is 192 Å². The van der Waals surface area contributed by atoms with Gasteiger partial charge in [-0.1, -0.05) is 36.4 Å². The summed E-state index contributed by atoms with van der Waals surface area (Å²) >= 11 is 0. The number of fused-ring (bicyclic) bond motifs is 1. The zero-order valence-electron chi connectivity index (χ0n) is 18.4. The van der Waals surface area contributed by atoms with E-state index in [1.807, 2.05) is 65.6 Å². The number of hydrogen-bond acceptors (Lipinski definition) is 6. The molecule has 2 atom stereocenters. The molecule has 0 N–H and O–H groups in total. The molecule has 0 bridgehead atoms. The van der Waals surface area contributed by atoms with Crippen LogP contribution in [-0.4, -0.2) is 58.6 Å². The highest BCUT2D eigenvalue weighted by Crippen LogP contribution is 2.34. The molecule has 7 heteroatoms. The Morgan fingerprint density at radius 2 is 1.64 bits per heavy atom. The Morgan fingerprint density at radius 3 is 2.39 bits per heavy atom. The normalized spacial score (nSPS) is 21.7. The van der Waals surface area contributed by atoms with Crippen molar-refractivity contribution in [3.63, 3.8) is 0 Å². The van der Waals surface area contributed by atoms with Gasteiger partial charge in [0.05, 0.1) is 17.1 Å². The molecule has 0 aliphatic carbocycles. The Hall–Kier alpha value is -3.58. The lowest BCUT2D eigenvalue weighted by atomic mass is 9.91. The molecule has 2 fully saturated rings. The van der Waals surface area contributed by atoms with Crippen LogP contribution in [0.25, 0.3) is 10.9 Å². The summed E-state index contributed by atoms with van der Waals surface area (Å²) in [5, 5.41) is 1.08. The molecule has 2 aliphatic heterocycles. The Morgan fingerprint density at radius 1 is 0.909 bits per heavy atom. The number of likely N-dealkylation sites (N-methyl/N-ethyl adjacent to an activating group) is 1. The SMILES string of the molecule is CN1C(=O)C(c2ccc(OCc3ccc4ccccc4n3)cc2)C(N2CCC(=O)CC2)C1=O. The minimum atomic E-state index is -0.577. The van der Waals surface area contributed by atoms with Crippen molar-refractivity contribution >= 4 is 28.5 Å². The van der Waals surface area contributed by atoms with Crippen LogP contribution in [0.15, 0.2) is 60.7 Å². The Balaban J connectivity index is 1.31. The van der Waals surface area contributed by atoms with Crippen LogP contribution in [0.5, 0.6) is 5.75 Å². The number of benzene rings is 2. The van der Waals surface area contributed by atoms with Crippen LogP contribution < -0.4 is 4.74 Å². The quantitative estimate of drug-likeness (QED) is 0.564. The summed E-state index contributed by atoms with van der Waals surface area (Å²) in [6.45, 7) is 1.35. The molecule has 7 nitrogen and oxygen atoms in total. The number of amides is 2. The number of rotatable bonds is 5. The summed E-state index contributed by atoms with van der Waals surface area (Å²) in [5.74, 6) is -0.126. The number of likely N-dealkylation sites (tertiary alicyclic amines) is 2. The number of ether oxygens (including phenoxy) is 1. The minimum absolute atomic E-state index is 0.204. The molecule has 5 rings (SSSR count). The highest BCUT2D eigenvalue weighted by Gasteiger charge is 2.49. The Bertz CT molecular complexity index is 1210. The van der Waals surface area contributed by atoms with Gasteiger partial charge in [-0.15, -0.1) is 0 Å². The number of Topliss-reactive ketones (excluding diaryl/α,β-unsaturated/α-hetero) is 1. The first-order valence-corrected chi connectivity index (χ1v) is 11.2. The number of piperidine rings is 1. The molecule has 168 valence electrons. The molecule has 2 aliphatic rings. The van der Waals surface area contributed by atoms with Gasteiger partial charge in [0.2, 0.25) is 11.8 Å². The molecule has 1 aromatic heterocycles. The van der Waals surface area contributed by atoms with Crippen LogP contribution >= 0.6 is 0 Å². The van der Waals surface area contributed by atoms with Crippen molar-refractivity contribution in [1.82, 2.24) is 14.8 Å². The maximum absolute atomic E-state index is 12.9. The lowest BCUT2D eigenvalue weighted by molar-refractivity contribution is -0.139. The summed E-state index contributed by atoms with van der Waals surface area (Å²) < 4.78 is 5.91. The van der Waals surface area contributed by atoms with Crippen molar-refractivity contribution in [1.29, 1.82) is 0 Å². The second-order valence-electron chi connectivity index (χ2n) is 8.59. The minimum Gasteiger partial charge on any atom is -0.487 e. The van der Waals surface area contributed by atoms with Crippen LogP contribution in [0.2, 0.25) is 0 Å². The van der Waals surface area contributed by atoms with Crippen LogP contribution in [0.4, 0.5) is 0 Å². The monoisotopic (exact) mass is 443 g/mol. The molecule has 3 heterocycles. The van der Waals surface area contributed by atoms with Gasteiger partial charge in [-0.2, -0.15) is 0 Å². The van der Waals surface area contributed by atoms with Crippen molar-refractivity contribution in [3.05, 3.63) is 71.9 Å². The van der Waals surface area contributed by atoms with Crippen molar-refractivity contribution in [2.24, 2.45) is 0 Å². The third-order valence-electron chi connectivity index (χ3n) is 6.53. The molecule has 0 radical (unpaired) electrons. The number of aromatic nitrogens is 1. The average Bonchev–Trinajstić information content (AvgIpc) is 3.07. The summed E-state index contributed by atoms with van der Waals surface area (Å²) in [7, 11) is 1.53. The first kappa shape index (κ1) is 21.3. The second kappa shape index (κ2) is 8.75. The van der Waals surface area contributed by atoms with Crippen LogP contribution in [0.3, 0.4) is 0 Å².